The van der Waals surface area contributed by atoms with E-state index in [1.54, 1.807) is 4.90 Å². The molecule has 1 aliphatic carbocycles. The highest BCUT2D eigenvalue weighted by Gasteiger charge is 2.24. The van der Waals surface area contributed by atoms with E-state index in [1.165, 1.54) is 17.1 Å². The number of carbonyl (C=O) groups excluding carboxylic acids is 1. The first-order valence-electron chi connectivity index (χ1n) is 17.7. The maximum atomic E-state index is 12.7. The Labute approximate surface area is 200 Å². The quantitative estimate of drug-likeness (QED) is 0.776. The Bertz CT molecular complexity index is 1320. The highest BCUT2D eigenvalue weighted by atomic mass is 35.5. The number of halogens is 1. The fourth-order valence-electron chi connectivity index (χ4n) is 2.66. The summed E-state index contributed by atoms with van der Waals surface area (Å²) in [6.07, 6.45) is -19.5. The van der Waals surface area contributed by atoms with Crippen LogP contribution in [0.5, 0.6) is 0 Å². The average Bonchev–Trinajstić information content (AvgIpc) is 2.93. The molecule has 3 rings (SSSR count). The van der Waals surface area contributed by atoms with Crippen molar-refractivity contribution >= 4 is 23.3 Å². The number of rotatable bonds is 5. The molecule has 0 atom stereocenters. The van der Waals surface area contributed by atoms with Crippen LogP contribution >= 0.6 is 11.6 Å². The van der Waals surface area contributed by atoms with Crippen molar-refractivity contribution in [2.24, 2.45) is 5.89 Å². The predicted octanol–water partition coefficient (Wildman–Crippen LogP) is 3.99. The Morgan fingerprint density at radius 1 is 1.39 bits per heavy atom. The average molecular weight is 425 g/mol. The maximum absolute atomic E-state index is 12.7. The number of nitrogens with one attached hydrogen (secondary N) is 1. The molecule has 1 N–H and O–H groups in total. The minimum atomic E-state index is -4.03. The minimum Gasteiger partial charge on any atom is -0.368 e. The molecule has 0 aromatic heterocycles. The molecule has 5 nitrogen and oxygen atoms in total. The number of urea groups is 1. The number of hydrogen-bond donors (Lipinski definition) is 1. The van der Waals surface area contributed by atoms with Crippen LogP contribution in [0.1, 0.15) is 62.1 Å². The minimum absolute atomic E-state index is 0.00631. The fraction of sp³-hybridized carbons (Fsp3) is 0.682. The zero-order valence-electron chi connectivity index (χ0n) is 33.7. The molecule has 0 spiro atoms. The Balaban J connectivity index is 1.99. The highest BCUT2D eigenvalue weighted by molar-refractivity contribution is 6.34. The molecule has 0 unspecified atom stereocenters. The summed E-state index contributed by atoms with van der Waals surface area (Å²) in [7, 11) is 0.715. The number of anilines is 1. The van der Waals surface area contributed by atoms with E-state index in [-0.39, 0.29) is 65.5 Å². The number of amides is 2. The lowest BCUT2D eigenvalue weighted by Gasteiger charge is -2.37. The van der Waals surface area contributed by atoms with Gasteiger partial charge in [0.1, 0.15) is 0 Å². The van der Waals surface area contributed by atoms with Crippen molar-refractivity contribution in [2.75, 3.05) is 51.6 Å². The van der Waals surface area contributed by atoms with Gasteiger partial charge in [-0.1, -0.05) is 23.7 Å². The van der Waals surface area contributed by atoms with Crippen LogP contribution in [0.2, 0.25) is 5.02 Å². The Kier molecular flexibility index (Phi) is 2.81. The smallest absolute Gasteiger partial charge is 0.317 e. The van der Waals surface area contributed by atoms with Gasteiger partial charge in [0.05, 0.1) is 16.2 Å². The number of nitrogens with zero attached hydrogens (tertiary/aromatic N) is 3. The zero-order valence-corrected chi connectivity index (χ0v) is 16.4. The van der Waals surface area contributed by atoms with Crippen LogP contribution < -0.4 is 10.2 Å². The first kappa shape index (κ1) is 7.99. The van der Waals surface area contributed by atoms with Gasteiger partial charge in [-0.25, -0.2) is 4.79 Å². The lowest BCUT2D eigenvalue weighted by atomic mass is 9.84. The van der Waals surface area contributed by atoms with Gasteiger partial charge in [-0.05, 0) is 62.8 Å². The Morgan fingerprint density at radius 2 is 2.11 bits per heavy atom. The van der Waals surface area contributed by atoms with Crippen LogP contribution in [0.25, 0.3) is 0 Å². The van der Waals surface area contributed by atoms with Crippen LogP contribution in [0.4, 0.5) is 10.5 Å². The molecule has 2 fully saturated rings. The van der Waals surface area contributed by atoms with Crippen molar-refractivity contribution in [3.63, 3.8) is 0 Å². The van der Waals surface area contributed by atoms with E-state index < -0.39 is 63.3 Å². The Hall–Kier alpha value is -1.46. The molecule has 1 heterocycles. The zero-order chi connectivity index (χ0) is 36.0. The van der Waals surface area contributed by atoms with Crippen molar-refractivity contribution in [2.45, 2.75) is 44.8 Å². The van der Waals surface area contributed by atoms with Crippen LogP contribution in [0.3, 0.4) is 0 Å². The van der Waals surface area contributed by atoms with Gasteiger partial charge in [0, 0.05) is 65.4 Å². The summed E-state index contributed by atoms with van der Waals surface area (Å²) in [5.41, 5.74) is 0.462. The molecule has 1 saturated carbocycles. The molecule has 6 heteroatoms. The lowest BCUT2D eigenvalue weighted by Crippen LogP contribution is -2.47. The van der Waals surface area contributed by atoms with Crippen molar-refractivity contribution in [1.29, 1.82) is 0 Å². The number of carbonyl (C=O) groups is 1. The van der Waals surface area contributed by atoms with Gasteiger partial charge >= 0.3 is 6.03 Å². The SMILES string of the molecule is [2H]c1c([2H])c(C)c(Cl)c(N2CCN(CC([2H])([2H])[C@]3([2H])C([2H])([2H])C([2H])([2H])[C@@]([2H])(NC(=O)N(C)C([2H])([2H])[2H])C([2H])([2H])C3([2H])[2H])CC2)c1[2H]. The van der Waals surface area contributed by atoms with E-state index in [1.807, 2.05) is 0 Å². The van der Waals surface area contributed by atoms with Crippen LogP contribution in [0, 0.1) is 12.8 Å². The first-order chi connectivity index (χ1) is 20.4. The molecule has 2 aliphatic rings. The van der Waals surface area contributed by atoms with Crippen molar-refractivity contribution in [3.8, 4) is 0 Å². The normalized spacial score (nSPS) is 46.3. The van der Waals surface area contributed by atoms with Gasteiger partial charge < -0.3 is 15.1 Å². The van der Waals surface area contributed by atoms with E-state index in [0.29, 0.717) is 7.05 Å². The number of benzene rings is 1. The van der Waals surface area contributed by atoms with E-state index in [4.69, 9.17) is 36.3 Å². The molecular weight excluding hydrogens is 372 g/mol. The van der Waals surface area contributed by atoms with Gasteiger partial charge in [0.15, 0.2) is 0 Å². The highest BCUT2D eigenvalue weighted by Crippen LogP contribution is 2.30. The summed E-state index contributed by atoms with van der Waals surface area (Å²) in [6.45, 7) is -2.43. The van der Waals surface area contributed by atoms with Crippen LogP contribution in [-0.2, 0) is 0 Å². The molecule has 1 aromatic rings. The molecule has 156 valence electrons. The van der Waals surface area contributed by atoms with E-state index in [2.05, 4.69) is 0 Å². The summed E-state index contributed by atoms with van der Waals surface area (Å²) in [4.78, 5) is 15.7. The molecule has 1 aliphatic heterocycles. The van der Waals surface area contributed by atoms with Crippen LogP contribution in [-0.4, -0.2) is 68.6 Å². The van der Waals surface area contributed by atoms with Crippen LogP contribution in [0.15, 0.2) is 18.1 Å². The second-order valence-corrected chi connectivity index (χ2v) is 6.72. The fourth-order valence-corrected chi connectivity index (χ4v) is 2.88. The van der Waals surface area contributed by atoms with E-state index in [0.717, 1.165) is 0 Å². The second kappa shape index (κ2) is 9.84. The summed E-state index contributed by atoms with van der Waals surface area (Å²) >= 11 is 6.39. The molecule has 1 saturated heterocycles. The molecule has 28 heavy (non-hydrogen) atoms. The summed E-state index contributed by atoms with van der Waals surface area (Å²) < 4.78 is 150. The number of hydrogen-bond acceptors (Lipinski definition) is 3. The molecular formula is C22H35ClN4O. The molecule has 1 aromatic carbocycles. The van der Waals surface area contributed by atoms with Gasteiger partial charge in [0.2, 0.25) is 0 Å². The van der Waals surface area contributed by atoms with Gasteiger partial charge in [-0.3, -0.25) is 4.90 Å². The van der Waals surface area contributed by atoms with Crippen molar-refractivity contribution < 1.29 is 29.5 Å². The third-order valence-corrected chi connectivity index (χ3v) is 4.76. The first-order valence-corrected chi connectivity index (χ1v) is 9.07. The maximum Gasteiger partial charge on any atom is 0.317 e. The third-order valence-electron chi connectivity index (χ3n) is 4.30. The standard InChI is InChI=1S/C22H35ClN4O/c1-17-5-4-6-20(21(17)23)27-15-13-26(14-16-27)12-11-18-7-9-19(10-8-18)24-22(28)25(2)3/h4-6,18-19H,7-16H2,1-3H3,(H,24,28)/t18-,19-/i2D3,4D,5D,6D,7D2,8D2,9D2,10D2,11D2,18D,19D. The molecule has 2 amide bonds. The Morgan fingerprint density at radius 3 is 2.79 bits per heavy atom. The summed E-state index contributed by atoms with van der Waals surface area (Å²) in [5, 5.41) is 1.58. The largest absolute Gasteiger partial charge is 0.368 e. The van der Waals surface area contributed by atoms with Gasteiger partial charge in [-0.15, -0.1) is 0 Å². The summed E-state index contributed by atoms with van der Waals surface area (Å²) in [6, 6.07) is -6.49. The van der Waals surface area contributed by atoms with Gasteiger partial charge in [0.25, 0.3) is 0 Å². The van der Waals surface area contributed by atoms with E-state index >= 15 is 0 Å². The van der Waals surface area contributed by atoms with Crippen molar-refractivity contribution in [1.82, 2.24) is 15.1 Å². The topological polar surface area (TPSA) is 38.8 Å². The van der Waals surface area contributed by atoms with E-state index in [9.17, 15) is 4.79 Å². The van der Waals surface area contributed by atoms with Crippen molar-refractivity contribution in [3.05, 3.63) is 28.7 Å². The summed E-state index contributed by atoms with van der Waals surface area (Å²) in [5.74, 6) is -3.90. The lowest BCUT2D eigenvalue weighted by molar-refractivity contribution is 0.194. The monoisotopic (exact) mass is 424 g/mol. The number of piperazine rings is 1. The second-order valence-electron chi connectivity index (χ2n) is 6.34. The third kappa shape index (κ3) is 5.54. The van der Waals surface area contributed by atoms with Gasteiger partial charge in [-0.2, -0.15) is 0 Å². The molecule has 0 radical (unpaired) electrons. The predicted molar refractivity (Wildman–Crippen MR) is 117 cm³/mol. The molecule has 0 bridgehead atoms.